The topological polar surface area (TPSA) is 0 Å². The van der Waals surface area contributed by atoms with E-state index in [0.717, 1.165) is 9.13 Å². The quantitative estimate of drug-likeness (QED) is 0.421. The van der Waals surface area contributed by atoms with Gasteiger partial charge in [-0.2, -0.15) is 0 Å². The van der Waals surface area contributed by atoms with Crippen LogP contribution >= 0.6 is 50.1 Å². The first-order valence-corrected chi connectivity index (χ1v) is 7.77. The number of alkyl halides is 1. The van der Waals surface area contributed by atoms with Gasteiger partial charge in [0.25, 0.3) is 0 Å². The summed E-state index contributed by atoms with van der Waals surface area (Å²) in [5.74, 6) is -0.252. The van der Waals surface area contributed by atoms with Crippen LogP contribution in [0.4, 0.5) is 4.39 Å². The van der Waals surface area contributed by atoms with Gasteiger partial charge in [-0.25, -0.2) is 4.39 Å². The lowest BCUT2D eigenvalue weighted by Gasteiger charge is -2.12. The first-order valence-electron chi connectivity index (χ1n) is 5.40. The molecule has 0 spiro atoms. The van der Waals surface area contributed by atoms with Crippen LogP contribution in [0.25, 0.3) is 0 Å². The molecular formula is C14H10BrClFI. The lowest BCUT2D eigenvalue weighted by Crippen LogP contribution is -1.99. The highest BCUT2D eigenvalue weighted by atomic mass is 127. The van der Waals surface area contributed by atoms with Crippen molar-refractivity contribution in [3.63, 3.8) is 0 Å². The largest absolute Gasteiger partial charge is 0.207 e. The molecule has 0 aliphatic carbocycles. The van der Waals surface area contributed by atoms with Gasteiger partial charge in [0.1, 0.15) is 5.82 Å². The Morgan fingerprint density at radius 2 is 1.94 bits per heavy atom. The maximum Gasteiger partial charge on any atom is 0.127 e. The van der Waals surface area contributed by atoms with Gasteiger partial charge in [-0.05, 0) is 58.8 Å². The van der Waals surface area contributed by atoms with Gasteiger partial charge < -0.3 is 0 Å². The van der Waals surface area contributed by atoms with E-state index in [1.54, 1.807) is 12.1 Å². The molecule has 0 radical (unpaired) electrons. The Bertz CT molecular complexity index is 539. The van der Waals surface area contributed by atoms with Crippen molar-refractivity contribution >= 4 is 50.1 Å². The summed E-state index contributed by atoms with van der Waals surface area (Å²) >= 11 is 11.9. The fourth-order valence-corrected chi connectivity index (χ4v) is 3.14. The van der Waals surface area contributed by atoms with E-state index in [4.69, 9.17) is 11.6 Å². The first-order chi connectivity index (χ1) is 8.58. The van der Waals surface area contributed by atoms with Crippen molar-refractivity contribution in [3.05, 3.63) is 68.0 Å². The molecule has 0 aliphatic rings. The SMILES string of the molecule is Fc1cccc(Cl)c1CC(Br)c1cccc(I)c1. The Hall–Kier alpha value is -0.130. The van der Waals surface area contributed by atoms with Gasteiger partial charge in [-0.15, -0.1) is 0 Å². The van der Waals surface area contributed by atoms with Gasteiger partial charge in [0, 0.05) is 19.0 Å². The smallest absolute Gasteiger partial charge is 0.127 e. The fraction of sp³-hybridized carbons (Fsp3) is 0.143. The molecule has 0 aromatic heterocycles. The van der Waals surface area contributed by atoms with E-state index in [-0.39, 0.29) is 10.6 Å². The molecule has 0 heterocycles. The average molecular weight is 439 g/mol. The summed E-state index contributed by atoms with van der Waals surface area (Å²) in [6.07, 6.45) is 0.533. The molecule has 0 saturated carbocycles. The zero-order valence-electron chi connectivity index (χ0n) is 9.34. The molecule has 4 heteroatoms. The molecule has 18 heavy (non-hydrogen) atoms. The molecule has 1 unspecified atom stereocenters. The summed E-state index contributed by atoms with van der Waals surface area (Å²) in [6, 6.07) is 12.9. The van der Waals surface area contributed by atoms with Gasteiger partial charge in [0.2, 0.25) is 0 Å². The van der Waals surface area contributed by atoms with E-state index >= 15 is 0 Å². The summed E-state index contributed by atoms with van der Waals surface area (Å²) in [7, 11) is 0. The average Bonchev–Trinajstić information content (AvgIpc) is 2.34. The summed E-state index contributed by atoms with van der Waals surface area (Å²) in [5.41, 5.74) is 1.68. The molecule has 2 aromatic rings. The Labute approximate surface area is 133 Å². The van der Waals surface area contributed by atoms with Crippen LogP contribution in [0, 0.1) is 9.39 Å². The minimum Gasteiger partial charge on any atom is -0.207 e. The molecule has 0 nitrogen and oxygen atoms in total. The summed E-state index contributed by atoms with van der Waals surface area (Å²) in [5, 5.41) is 0.477. The van der Waals surface area contributed by atoms with Crippen LogP contribution in [0.2, 0.25) is 5.02 Å². The molecule has 0 amide bonds. The molecule has 0 fully saturated rings. The van der Waals surface area contributed by atoms with Crippen molar-refractivity contribution in [2.45, 2.75) is 11.2 Å². The molecule has 0 bridgehead atoms. The van der Waals surface area contributed by atoms with Crippen LogP contribution in [0.1, 0.15) is 16.0 Å². The molecule has 2 rings (SSSR count). The predicted molar refractivity (Wildman–Crippen MR) is 85.9 cm³/mol. The zero-order chi connectivity index (χ0) is 13.1. The monoisotopic (exact) mass is 438 g/mol. The minimum atomic E-state index is -0.252. The van der Waals surface area contributed by atoms with Crippen LogP contribution in [0.5, 0.6) is 0 Å². The number of benzene rings is 2. The first kappa shape index (κ1) is 14.3. The Morgan fingerprint density at radius 3 is 2.61 bits per heavy atom. The molecular weight excluding hydrogens is 429 g/mol. The number of rotatable bonds is 3. The second kappa shape index (κ2) is 6.35. The van der Waals surface area contributed by atoms with E-state index in [1.165, 1.54) is 6.07 Å². The third-order valence-electron chi connectivity index (χ3n) is 2.66. The Kier molecular flexibility index (Phi) is 5.04. The second-order valence-corrected chi connectivity index (χ2v) is 6.69. The maximum atomic E-state index is 13.7. The van der Waals surface area contributed by atoms with E-state index in [0.29, 0.717) is 17.0 Å². The van der Waals surface area contributed by atoms with Gasteiger partial charge in [-0.3, -0.25) is 0 Å². The maximum absolute atomic E-state index is 13.7. The van der Waals surface area contributed by atoms with Crippen molar-refractivity contribution < 1.29 is 4.39 Å². The molecule has 2 aromatic carbocycles. The molecule has 1 atom stereocenters. The van der Waals surface area contributed by atoms with E-state index in [1.807, 2.05) is 18.2 Å². The van der Waals surface area contributed by atoms with E-state index in [2.05, 4.69) is 44.6 Å². The number of hydrogen-bond donors (Lipinski definition) is 0. The fourth-order valence-electron chi connectivity index (χ4n) is 1.73. The normalized spacial score (nSPS) is 12.4. The molecule has 0 N–H and O–H groups in total. The standard InChI is InChI=1S/C14H10BrClFI/c15-12(9-3-1-4-10(18)7-9)8-11-13(16)5-2-6-14(11)17/h1-7,12H,8H2. The summed E-state index contributed by atoms with van der Waals surface area (Å²) in [6.45, 7) is 0. The molecule has 94 valence electrons. The number of halogens is 4. The van der Waals surface area contributed by atoms with Crippen LogP contribution in [-0.4, -0.2) is 0 Å². The van der Waals surface area contributed by atoms with Crippen molar-refractivity contribution in [1.82, 2.24) is 0 Å². The molecule has 0 aliphatic heterocycles. The highest BCUT2D eigenvalue weighted by molar-refractivity contribution is 14.1. The third kappa shape index (κ3) is 3.45. The Balaban J connectivity index is 2.24. The van der Waals surface area contributed by atoms with Crippen LogP contribution in [0.15, 0.2) is 42.5 Å². The van der Waals surface area contributed by atoms with Crippen molar-refractivity contribution in [2.24, 2.45) is 0 Å². The van der Waals surface area contributed by atoms with Crippen LogP contribution in [0.3, 0.4) is 0 Å². The van der Waals surface area contributed by atoms with Crippen molar-refractivity contribution in [3.8, 4) is 0 Å². The third-order valence-corrected chi connectivity index (χ3v) is 4.53. The van der Waals surface area contributed by atoms with Crippen molar-refractivity contribution in [1.29, 1.82) is 0 Å². The van der Waals surface area contributed by atoms with Gasteiger partial charge in [-0.1, -0.05) is 45.7 Å². The lowest BCUT2D eigenvalue weighted by atomic mass is 10.0. The van der Waals surface area contributed by atoms with Gasteiger partial charge >= 0.3 is 0 Å². The highest BCUT2D eigenvalue weighted by Crippen LogP contribution is 2.31. The van der Waals surface area contributed by atoms with E-state index < -0.39 is 0 Å². The predicted octanol–water partition coefficient (Wildman–Crippen LogP) is 5.76. The van der Waals surface area contributed by atoms with Crippen LogP contribution < -0.4 is 0 Å². The Morgan fingerprint density at radius 1 is 1.22 bits per heavy atom. The van der Waals surface area contributed by atoms with E-state index in [9.17, 15) is 4.39 Å². The van der Waals surface area contributed by atoms with Crippen molar-refractivity contribution in [2.75, 3.05) is 0 Å². The highest BCUT2D eigenvalue weighted by Gasteiger charge is 2.14. The minimum absolute atomic E-state index is 0.0571. The van der Waals surface area contributed by atoms with Gasteiger partial charge in [0.05, 0.1) is 0 Å². The van der Waals surface area contributed by atoms with Gasteiger partial charge in [0.15, 0.2) is 0 Å². The molecule has 0 saturated heterocycles. The number of hydrogen-bond acceptors (Lipinski definition) is 0. The second-order valence-electron chi connectivity index (χ2n) is 3.93. The van der Waals surface area contributed by atoms with Crippen LogP contribution in [-0.2, 0) is 6.42 Å². The summed E-state index contributed by atoms with van der Waals surface area (Å²) in [4.78, 5) is 0.0571. The lowest BCUT2D eigenvalue weighted by molar-refractivity contribution is 0.608. The summed E-state index contributed by atoms with van der Waals surface area (Å²) < 4.78 is 14.9. The zero-order valence-corrected chi connectivity index (χ0v) is 13.8.